The molecular formula is C10H19NO3S. The lowest BCUT2D eigenvalue weighted by atomic mass is 9.98. The Balaban J connectivity index is 2.48. The van der Waals surface area contributed by atoms with E-state index in [1.807, 2.05) is 13.8 Å². The van der Waals surface area contributed by atoms with Gasteiger partial charge in [0.2, 0.25) is 0 Å². The van der Waals surface area contributed by atoms with Crippen molar-refractivity contribution in [3.05, 3.63) is 0 Å². The largest absolute Gasteiger partial charge is 0.299 e. The summed E-state index contributed by atoms with van der Waals surface area (Å²) in [5.41, 5.74) is 0. The highest BCUT2D eigenvalue weighted by molar-refractivity contribution is 7.97. The van der Waals surface area contributed by atoms with Crippen LogP contribution in [0.1, 0.15) is 20.3 Å². The molecule has 1 fully saturated rings. The minimum Gasteiger partial charge on any atom is -0.299 e. The molecule has 15 heavy (non-hydrogen) atoms. The van der Waals surface area contributed by atoms with Gasteiger partial charge in [-0.1, -0.05) is 13.8 Å². The molecule has 1 heterocycles. The van der Waals surface area contributed by atoms with E-state index in [2.05, 4.69) is 5.87 Å². The lowest BCUT2D eigenvalue weighted by Gasteiger charge is -2.15. The molecule has 0 aliphatic carbocycles. The van der Waals surface area contributed by atoms with Crippen LogP contribution in [0.3, 0.4) is 0 Å². The number of nitrogens with zero attached hydrogens (tertiary/aromatic N) is 1. The third-order valence-corrected chi connectivity index (χ3v) is 3.54. The van der Waals surface area contributed by atoms with Gasteiger partial charge >= 0.3 is 0 Å². The molecule has 0 spiro atoms. The van der Waals surface area contributed by atoms with Crippen LogP contribution in [-0.4, -0.2) is 39.7 Å². The molecule has 0 aromatic carbocycles. The molecule has 0 aromatic rings. The summed E-state index contributed by atoms with van der Waals surface area (Å²) in [5, 5.41) is 0. The molecule has 2 atom stereocenters. The monoisotopic (exact) mass is 233 g/mol. The summed E-state index contributed by atoms with van der Waals surface area (Å²) in [5.74, 6) is 3.99. The van der Waals surface area contributed by atoms with Gasteiger partial charge in [-0.15, -0.1) is 4.47 Å². The Morgan fingerprint density at radius 1 is 1.67 bits per heavy atom. The van der Waals surface area contributed by atoms with E-state index in [1.165, 1.54) is 4.47 Å². The van der Waals surface area contributed by atoms with E-state index in [-0.39, 0.29) is 17.6 Å². The zero-order valence-corrected chi connectivity index (χ0v) is 10.4. The minimum atomic E-state index is -2.29. The van der Waals surface area contributed by atoms with Gasteiger partial charge in [0.25, 0.3) is 0 Å². The van der Waals surface area contributed by atoms with Crippen molar-refractivity contribution in [2.45, 2.75) is 20.3 Å². The normalized spacial score (nSPS) is 26.8. The van der Waals surface area contributed by atoms with E-state index >= 15 is 0 Å². The standard InChI is InChI=1S/C10H19NO3S/c1-8(2)10(12)5-9-6-11(14-7-9)15(3,4)13/h8-9H,3,5-7H2,1-2,4H3/t9-,15?/m1/s1. The Bertz CT molecular complexity index is 335. The average molecular weight is 233 g/mol. The molecule has 0 radical (unpaired) electrons. The van der Waals surface area contributed by atoms with Crippen molar-refractivity contribution in [2.75, 3.05) is 19.4 Å². The molecule has 0 amide bonds. The predicted octanol–water partition coefficient (Wildman–Crippen LogP) is 0.726. The van der Waals surface area contributed by atoms with E-state index in [9.17, 15) is 9.00 Å². The Morgan fingerprint density at radius 3 is 2.67 bits per heavy atom. The van der Waals surface area contributed by atoms with Crippen LogP contribution < -0.4 is 0 Å². The van der Waals surface area contributed by atoms with Crippen LogP contribution in [0.25, 0.3) is 0 Å². The number of rotatable bonds is 4. The van der Waals surface area contributed by atoms with Crippen LogP contribution in [0, 0.1) is 11.8 Å². The average Bonchev–Trinajstić information content (AvgIpc) is 2.51. The number of carbonyl (C=O) groups excluding carboxylic acids is 1. The molecule has 1 aliphatic heterocycles. The summed E-state index contributed by atoms with van der Waals surface area (Å²) < 4.78 is 13.0. The molecular weight excluding hydrogens is 214 g/mol. The molecule has 5 heteroatoms. The zero-order chi connectivity index (χ0) is 11.6. The molecule has 1 unspecified atom stereocenters. The number of carbonyl (C=O) groups is 1. The summed E-state index contributed by atoms with van der Waals surface area (Å²) >= 11 is 0. The maximum absolute atomic E-state index is 11.6. The first kappa shape index (κ1) is 12.7. The SMILES string of the molecule is C=S(C)(=O)N1C[C@@H](CC(=O)C(C)C)CO1. The topological polar surface area (TPSA) is 46.6 Å². The fourth-order valence-electron chi connectivity index (χ4n) is 1.42. The van der Waals surface area contributed by atoms with Crippen molar-refractivity contribution in [2.24, 2.45) is 11.8 Å². The van der Waals surface area contributed by atoms with E-state index in [4.69, 9.17) is 4.84 Å². The fraction of sp³-hybridized carbons (Fsp3) is 0.800. The van der Waals surface area contributed by atoms with Crippen LogP contribution in [0.15, 0.2) is 0 Å². The maximum atomic E-state index is 11.6. The lowest BCUT2D eigenvalue weighted by molar-refractivity contribution is -0.122. The van der Waals surface area contributed by atoms with E-state index in [1.54, 1.807) is 6.26 Å². The summed E-state index contributed by atoms with van der Waals surface area (Å²) in [6, 6.07) is 0. The number of Topliss-reactive ketones (excluding diaryl/α,β-unsaturated/α-hetero) is 1. The third kappa shape index (κ3) is 3.59. The van der Waals surface area contributed by atoms with Gasteiger partial charge in [-0.2, -0.15) is 0 Å². The highest BCUT2D eigenvalue weighted by Crippen LogP contribution is 2.20. The van der Waals surface area contributed by atoms with E-state index in [0.717, 1.165) is 0 Å². The van der Waals surface area contributed by atoms with Crippen LogP contribution in [-0.2, 0) is 19.3 Å². The Hall–Kier alpha value is -0.390. The first-order valence-corrected chi connectivity index (χ1v) is 7.15. The first-order valence-electron chi connectivity index (χ1n) is 5.06. The summed E-state index contributed by atoms with van der Waals surface area (Å²) in [4.78, 5) is 16.7. The Morgan fingerprint density at radius 2 is 2.27 bits per heavy atom. The quantitative estimate of drug-likeness (QED) is 0.672. The number of hydrogen-bond acceptors (Lipinski definition) is 3. The van der Waals surface area contributed by atoms with Gasteiger partial charge in [0.15, 0.2) is 0 Å². The summed E-state index contributed by atoms with van der Waals surface area (Å²) in [6.07, 6.45) is 2.04. The molecule has 88 valence electrons. The van der Waals surface area contributed by atoms with Crippen molar-refractivity contribution in [3.8, 4) is 0 Å². The second-order valence-corrected chi connectivity index (χ2v) is 6.79. The van der Waals surface area contributed by atoms with Gasteiger partial charge in [-0.3, -0.25) is 13.8 Å². The maximum Gasteiger partial charge on any atom is 0.135 e. The molecule has 0 bridgehead atoms. The van der Waals surface area contributed by atoms with Crippen LogP contribution in [0.2, 0.25) is 0 Å². The zero-order valence-electron chi connectivity index (χ0n) is 9.56. The number of hydroxylamine groups is 1. The number of ketones is 1. The molecule has 1 saturated heterocycles. The smallest absolute Gasteiger partial charge is 0.135 e. The first-order chi connectivity index (χ1) is 6.80. The molecule has 0 saturated carbocycles. The highest BCUT2D eigenvalue weighted by Gasteiger charge is 2.29. The van der Waals surface area contributed by atoms with Crippen molar-refractivity contribution in [1.29, 1.82) is 0 Å². The van der Waals surface area contributed by atoms with Gasteiger partial charge in [0.1, 0.15) is 5.78 Å². The molecule has 0 N–H and O–H groups in total. The van der Waals surface area contributed by atoms with Crippen molar-refractivity contribution >= 4 is 21.4 Å². The Kier molecular flexibility index (Phi) is 3.92. The van der Waals surface area contributed by atoms with Crippen LogP contribution in [0.5, 0.6) is 0 Å². The van der Waals surface area contributed by atoms with E-state index < -0.39 is 9.71 Å². The van der Waals surface area contributed by atoms with Gasteiger partial charge in [-0.25, -0.2) is 0 Å². The van der Waals surface area contributed by atoms with Crippen LogP contribution in [0.4, 0.5) is 0 Å². The van der Waals surface area contributed by atoms with Gasteiger partial charge in [0, 0.05) is 40.8 Å². The Labute approximate surface area is 91.7 Å². The highest BCUT2D eigenvalue weighted by atomic mass is 32.2. The lowest BCUT2D eigenvalue weighted by Crippen LogP contribution is -2.26. The second kappa shape index (κ2) is 4.63. The third-order valence-electron chi connectivity index (χ3n) is 2.43. The molecule has 1 aliphatic rings. The van der Waals surface area contributed by atoms with Gasteiger partial charge in [-0.05, 0) is 5.87 Å². The molecule has 0 aromatic heterocycles. The van der Waals surface area contributed by atoms with Crippen molar-refractivity contribution in [1.82, 2.24) is 4.47 Å². The number of hydrogen-bond donors (Lipinski definition) is 0. The minimum absolute atomic E-state index is 0.0600. The second-order valence-electron chi connectivity index (χ2n) is 4.46. The van der Waals surface area contributed by atoms with E-state index in [0.29, 0.717) is 19.6 Å². The fourth-order valence-corrected chi connectivity index (χ4v) is 2.23. The summed E-state index contributed by atoms with van der Waals surface area (Å²) in [6.45, 7) is 4.79. The van der Waals surface area contributed by atoms with Crippen molar-refractivity contribution in [3.63, 3.8) is 0 Å². The van der Waals surface area contributed by atoms with Crippen LogP contribution >= 0.6 is 0 Å². The predicted molar refractivity (Wildman–Crippen MR) is 61.8 cm³/mol. The summed E-state index contributed by atoms with van der Waals surface area (Å²) in [7, 11) is -2.29. The van der Waals surface area contributed by atoms with Gasteiger partial charge < -0.3 is 0 Å². The van der Waals surface area contributed by atoms with Gasteiger partial charge in [0.05, 0.1) is 6.61 Å². The van der Waals surface area contributed by atoms with Crippen molar-refractivity contribution < 1.29 is 13.8 Å². The molecule has 4 nitrogen and oxygen atoms in total. The molecule has 1 rings (SSSR count).